The molecule has 3 aromatic rings. The molecule has 2 aromatic carbocycles. The molecule has 1 atom stereocenters. The van der Waals surface area contributed by atoms with Crippen molar-refractivity contribution in [2.24, 2.45) is 10.2 Å². The number of methoxy groups -OCH3 is 1. The van der Waals surface area contributed by atoms with Gasteiger partial charge in [0.15, 0.2) is 0 Å². The van der Waals surface area contributed by atoms with Gasteiger partial charge < -0.3 is 14.7 Å². The number of ether oxygens (including phenoxy) is 1. The fourth-order valence-electron chi connectivity index (χ4n) is 3.12. The number of hydrogen-bond acceptors (Lipinski definition) is 6. The predicted octanol–water partition coefficient (Wildman–Crippen LogP) is 4.84. The monoisotopic (exact) mass is 399 g/mol. The van der Waals surface area contributed by atoms with Gasteiger partial charge in [0.2, 0.25) is 0 Å². The van der Waals surface area contributed by atoms with Gasteiger partial charge in [-0.05, 0) is 73.6 Å². The van der Waals surface area contributed by atoms with Crippen LogP contribution in [0.15, 0.2) is 52.7 Å². The normalized spacial score (nSPS) is 12.6. The van der Waals surface area contributed by atoms with Crippen molar-refractivity contribution in [3.8, 4) is 5.75 Å². The standard InChI is InChI=1S/C21H27N4O2S/c1-5-24(6-2)17-9-7-16(8-10-17)22-23-21-25(14-15(3)26)19-12-11-18(27-4)13-20(19)28-21/h7-13,15,26H,5-6,14H2,1-4H3/q+1. The summed E-state index contributed by atoms with van der Waals surface area (Å²) in [5, 5.41) is 19.5. The van der Waals surface area contributed by atoms with Crippen molar-refractivity contribution in [3.05, 3.63) is 42.5 Å². The van der Waals surface area contributed by atoms with Gasteiger partial charge in [-0.25, -0.2) is 4.57 Å². The van der Waals surface area contributed by atoms with E-state index in [1.54, 1.807) is 14.0 Å². The highest BCUT2D eigenvalue weighted by atomic mass is 32.1. The first-order valence-corrected chi connectivity index (χ1v) is 10.3. The van der Waals surface area contributed by atoms with Gasteiger partial charge >= 0.3 is 5.13 Å². The number of aliphatic hydroxyl groups is 1. The topological polar surface area (TPSA) is 61.3 Å². The van der Waals surface area contributed by atoms with Gasteiger partial charge in [0, 0.05) is 24.8 Å². The molecule has 0 radical (unpaired) electrons. The fraction of sp³-hybridized carbons (Fsp3) is 0.381. The van der Waals surface area contributed by atoms with Crippen LogP contribution in [0.5, 0.6) is 5.75 Å². The summed E-state index contributed by atoms with van der Waals surface area (Å²) in [4.78, 5) is 2.29. The number of benzene rings is 2. The van der Waals surface area contributed by atoms with E-state index in [4.69, 9.17) is 4.74 Å². The summed E-state index contributed by atoms with van der Waals surface area (Å²) in [5.74, 6) is 0.799. The van der Waals surface area contributed by atoms with Crippen LogP contribution in [0.3, 0.4) is 0 Å². The first-order chi connectivity index (χ1) is 13.5. The fourth-order valence-corrected chi connectivity index (χ4v) is 4.14. The SMILES string of the molecule is CCN(CC)c1ccc(N=Nc2sc3cc(OC)ccc3[n+]2CC(C)O)cc1. The molecular weight excluding hydrogens is 372 g/mol. The molecule has 3 rings (SSSR count). The van der Waals surface area contributed by atoms with Crippen LogP contribution in [0.2, 0.25) is 0 Å². The minimum atomic E-state index is -0.479. The van der Waals surface area contributed by atoms with Crippen molar-refractivity contribution in [1.29, 1.82) is 0 Å². The largest absolute Gasteiger partial charge is 0.497 e. The number of fused-ring (bicyclic) bond motifs is 1. The highest BCUT2D eigenvalue weighted by molar-refractivity contribution is 7.21. The smallest absolute Gasteiger partial charge is 0.409 e. The van der Waals surface area contributed by atoms with Crippen LogP contribution < -0.4 is 14.2 Å². The highest BCUT2D eigenvalue weighted by Gasteiger charge is 2.21. The van der Waals surface area contributed by atoms with E-state index in [1.165, 1.54) is 17.0 Å². The number of aliphatic hydroxyl groups excluding tert-OH is 1. The van der Waals surface area contributed by atoms with Crippen LogP contribution in [0.25, 0.3) is 10.2 Å². The van der Waals surface area contributed by atoms with Gasteiger partial charge in [0.25, 0.3) is 0 Å². The van der Waals surface area contributed by atoms with Crippen LogP contribution in [0, 0.1) is 0 Å². The summed E-state index contributed by atoms with van der Waals surface area (Å²) in [5.41, 5.74) is 2.99. The second kappa shape index (κ2) is 9.12. The van der Waals surface area contributed by atoms with Crippen LogP contribution in [0.4, 0.5) is 16.5 Å². The third kappa shape index (κ3) is 4.48. The average Bonchev–Trinajstić information content (AvgIpc) is 3.04. The summed E-state index contributed by atoms with van der Waals surface area (Å²) in [6.07, 6.45) is -0.479. The quantitative estimate of drug-likeness (QED) is 0.435. The summed E-state index contributed by atoms with van der Waals surface area (Å²) >= 11 is 1.53. The molecule has 0 aliphatic rings. The van der Waals surface area contributed by atoms with Crippen LogP contribution >= 0.6 is 11.3 Å². The Balaban J connectivity index is 1.92. The molecule has 28 heavy (non-hydrogen) atoms. The lowest BCUT2D eigenvalue weighted by Gasteiger charge is -2.20. The van der Waals surface area contributed by atoms with Crippen LogP contribution in [-0.4, -0.2) is 31.4 Å². The van der Waals surface area contributed by atoms with Crippen molar-refractivity contribution < 1.29 is 14.4 Å². The summed E-state index contributed by atoms with van der Waals surface area (Å²) in [7, 11) is 1.65. The number of thiazole rings is 1. The van der Waals surface area contributed by atoms with Gasteiger partial charge in [0.05, 0.1) is 23.0 Å². The van der Waals surface area contributed by atoms with E-state index in [-0.39, 0.29) is 0 Å². The molecule has 0 spiro atoms. The maximum atomic E-state index is 9.91. The lowest BCUT2D eigenvalue weighted by atomic mass is 10.2. The van der Waals surface area contributed by atoms with Crippen molar-refractivity contribution in [2.75, 3.05) is 25.1 Å². The van der Waals surface area contributed by atoms with Crippen molar-refractivity contribution >= 4 is 38.1 Å². The predicted molar refractivity (Wildman–Crippen MR) is 114 cm³/mol. The Morgan fingerprint density at radius 1 is 1.11 bits per heavy atom. The lowest BCUT2D eigenvalue weighted by Crippen LogP contribution is -2.37. The number of hydrogen-bond donors (Lipinski definition) is 1. The van der Waals surface area contributed by atoms with Crippen molar-refractivity contribution in [1.82, 2.24) is 0 Å². The number of anilines is 1. The molecule has 1 heterocycles. The average molecular weight is 400 g/mol. The first-order valence-electron chi connectivity index (χ1n) is 9.50. The molecule has 0 saturated carbocycles. The molecule has 1 aromatic heterocycles. The first kappa shape index (κ1) is 20.2. The Morgan fingerprint density at radius 3 is 2.43 bits per heavy atom. The Hall–Kier alpha value is -2.51. The van der Waals surface area contributed by atoms with E-state index in [2.05, 4.69) is 41.1 Å². The van der Waals surface area contributed by atoms with E-state index >= 15 is 0 Å². The van der Waals surface area contributed by atoms with Gasteiger partial charge in [0.1, 0.15) is 23.5 Å². The molecule has 0 fully saturated rings. The molecule has 1 unspecified atom stereocenters. The summed E-state index contributed by atoms with van der Waals surface area (Å²) < 4.78 is 8.37. The number of azo groups is 1. The van der Waals surface area contributed by atoms with E-state index in [9.17, 15) is 5.11 Å². The molecule has 6 nitrogen and oxygen atoms in total. The summed E-state index contributed by atoms with van der Waals surface area (Å²) in [6.45, 7) is 8.47. The molecule has 7 heteroatoms. The number of aromatic nitrogens is 1. The Labute approximate surface area is 169 Å². The Morgan fingerprint density at radius 2 is 1.82 bits per heavy atom. The highest BCUT2D eigenvalue weighted by Crippen LogP contribution is 2.31. The minimum Gasteiger partial charge on any atom is -0.497 e. The zero-order chi connectivity index (χ0) is 20.1. The number of rotatable bonds is 8. The molecular formula is C21H27N4O2S+. The van der Waals surface area contributed by atoms with Crippen LogP contribution in [-0.2, 0) is 6.54 Å². The maximum Gasteiger partial charge on any atom is 0.409 e. The third-order valence-corrected chi connectivity index (χ3v) is 5.60. The molecule has 148 valence electrons. The molecule has 0 bridgehead atoms. The second-order valence-electron chi connectivity index (χ2n) is 6.57. The van der Waals surface area contributed by atoms with Gasteiger partial charge in [-0.3, -0.25) is 0 Å². The second-order valence-corrected chi connectivity index (χ2v) is 7.58. The molecule has 1 N–H and O–H groups in total. The summed E-state index contributed by atoms with van der Waals surface area (Å²) in [6, 6.07) is 14.0. The van der Waals surface area contributed by atoms with E-state index in [0.29, 0.717) is 6.54 Å². The van der Waals surface area contributed by atoms with Gasteiger partial charge in [-0.15, -0.1) is 0 Å². The van der Waals surface area contributed by atoms with Gasteiger partial charge in [-0.1, -0.05) is 0 Å². The lowest BCUT2D eigenvalue weighted by molar-refractivity contribution is -0.662. The van der Waals surface area contributed by atoms with E-state index < -0.39 is 6.10 Å². The molecule has 0 aliphatic carbocycles. The third-order valence-electron chi connectivity index (χ3n) is 4.57. The van der Waals surface area contributed by atoms with E-state index in [1.807, 2.05) is 34.9 Å². The molecule has 0 aliphatic heterocycles. The Bertz CT molecular complexity index is 947. The molecule has 0 amide bonds. The van der Waals surface area contributed by atoms with Crippen LogP contribution in [0.1, 0.15) is 20.8 Å². The van der Waals surface area contributed by atoms with Crippen molar-refractivity contribution in [3.63, 3.8) is 0 Å². The zero-order valence-corrected chi connectivity index (χ0v) is 17.6. The van der Waals surface area contributed by atoms with Gasteiger partial charge in [-0.2, -0.15) is 0 Å². The molecule has 0 saturated heterocycles. The maximum absolute atomic E-state index is 9.91. The Kier molecular flexibility index (Phi) is 6.59. The van der Waals surface area contributed by atoms with E-state index in [0.717, 1.165) is 39.9 Å². The minimum absolute atomic E-state index is 0.460. The number of nitrogens with zero attached hydrogens (tertiary/aromatic N) is 4. The van der Waals surface area contributed by atoms with Crippen molar-refractivity contribution in [2.45, 2.75) is 33.4 Å². The zero-order valence-electron chi connectivity index (χ0n) is 16.8.